The Morgan fingerprint density at radius 3 is 2.44 bits per heavy atom. The zero-order valence-corrected chi connectivity index (χ0v) is 19.8. The molecule has 7 nitrogen and oxygen atoms in total. The number of halogens is 1. The molecule has 2 aromatic carbocycles. The van der Waals surface area contributed by atoms with Crippen LogP contribution in [0.5, 0.6) is 11.5 Å². The first-order chi connectivity index (χ1) is 16.4. The first-order valence-electron chi connectivity index (χ1n) is 11.5. The minimum absolute atomic E-state index is 0.00408. The van der Waals surface area contributed by atoms with E-state index in [1.807, 2.05) is 12.1 Å². The summed E-state index contributed by atoms with van der Waals surface area (Å²) >= 11 is 0. The lowest BCUT2D eigenvalue weighted by Gasteiger charge is -2.26. The Morgan fingerprint density at radius 2 is 1.79 bits per heavy atom. The number of amides is 2. The lowest BCUT2D eigenvalue weighted by Crippen LogP contribution is -2.41. The summed E-state index contributed by atoms with van der Waals surface area (Å²) in [6, 6.07) is 11.1. The van der Waals surface area contributed by atoms with Gasteiger partial charge >= 0.3 is 0 Å². The van der Waals surface area contributed by atoms with Gasteiger partial charge in [-0.1, -0.05) is 25.0 Å². The van der Waals surface area contributed by atoms with Crippen molar-refractivity contribution in [3.8, 4) is 11.5 Å². The van der Waals surface area contributed by atoms with Gasteiger partial charge in [-0.2, -0.15) is 5.10 Å². The first-order valence-corrected chi connectivity index (χ1v) is 11.5. The highest BCUT2D eigenvalue weighted by atomic mass is 19.1. The van der Waals surface area contributed by atoms with Crippen molar-refractivity contribution in [2.24, 2.45) is 11.0 Å². The molecule has 0 radical (unpaired) electrons. The van der Waals surface area contributed by atoms with Crippen LogP contribution in [0.15, 0.2) is 47.6 Å². The van der Waals surface area contributed by atoms with Gasteiger partial charge < -0.3 is 14.4 Å². The number of hydrogen-bond acceptors (Lipinski definition) is 5. The van der Waals surface area contributed by atoms with Gasteiger partial charge in [0.05, 0.1) is 26.0 Å². The van der Waals surface area contributed by atoms with E-state index < -0.39 is 6.04 Å². The van der Waals surface area contributed by atoms with Crippen LogP contribution >= 0.6 is 0 Å². The average molecular weight is 468 g/mol. The van der Waals surface area contributed by atoms with E-state index in [2.05, 4.69) is 5.10 Å². The highest BCUT2D eigenvalue weighted by Gasteiger charge is 2.35. The van der Waals surface area contributed by atoms with Gasteiger partial charge in [0.15, 0.2) is 0 Å². The molecule has 2 aromatic rings. The third-order valence-electron chi connectivity index (χ3n) is 6.59. The van der Waals surface area contributed by atoms with E-state index >= 15 is 0 Å². The van der Waals surface area contributed by atoms with Gasteiger partial charge in [0.2, 0.25) is 5.91 Å². The van der Waals surface area contributed by atoms with Crippen LogP contribution < -0.4 is 9.47 Å². The predicted molar refractivity (Wildman–Crippen MR) is 126 cm³/mol. The molecule has 1 aliphatic carbocycles. The van der Waals surface area contributed by atoms with E-state index in [0.717, 1.165) is 36.8 Å². The largest absolute Gasteiger partial charge is 0.497 e. The molecule has 0 bridgehead atoms. The second-order valence-electron chi connectivity index (χ2n) is 8.80. The summed E-state index contributed by atoms with van der Waals surface area (Å²) in [5.74, 6) is 0.592. The summed E-state index contributed by atoms with van der Waals surface area (Å²) in [6.07, 6.45) is 4.28. The van der Waals surface area contributed by atoms with Crippen LogP contribution in [0.25, 0.3) is 0 Å². The molecule has 1 heterocycles. The molecule has 2 amide bonds. The number of carbonyl (C=O) groups is 2. The number of hydrogen-bond donors (Lipinski definition) is 0. The Morgan fingerprint density at radius 1 is 1.09 bits per heavy atom. The van der Waals surface area contributed by atoms with Gasteiger partial charge in [0, 0.05) is 31.0 Å². The number of nitrogens with zero attached hydrogens (tertiary/aromatic N) is 3. The van der Waals surface area contributed by atoms with Gasteiger partial charge in [0.1, 0.15) is 23.9 Å². The number of carbonyl (C=O) groups excluding carboxylic acids is 2. The number of likely N-dealkylation sites (N-methyl/N-ethyl adjacent to an activating group) is 1. The Balaban J connectivity index is 1.61. The highest BCUT2D eigenvalue weighted by Crippen LogP contribution is 2.36. The van der Waals surface area contributed by atoms with Crippen molar-refractivity contribution in [1.82, 2.24) is 9.91 Å². The zero-order valence-electron chi connectivity index (χ0n) is 19.8. The summed E-state index contributed by atoms with van der Waals surface area (Å²) in [7, 11) is 4.81. The standard InChI is InChI=1S/C26H30FN3O4/c1-29(26(32)18-6-4-5-7-18)16-25(31)30-23(17-8-10-19(27)11-9-17)15-22(28-30)21-13-12-20(33-2)14-24(21)34-3/h8-14,18,23H,4-7,15-16H2,1-3H3/t23-/m1/s1. The fraction of sp³-hybridized carbons (Fsp3) is 0.423. The smallest absolute Gasteiger partial charge is 0.262 e. The Hall–Kier alpha value is -3.42. The maximum atomic E-state index is 13.6. The topological polar surface area (TPSA) is 71.4 Å². The van der Waals surface area contributed by atoms with E-state index in [-0.39, 0.29) is 30.1 Å². The van der Waals surface area contributed by atoms with Gasteiger partial charge in [-0.15, -0.1) is 0 Å². The third kappa shape index (κ3) is 4.90. The van der Waals surface area contributed by atoms with Gasteiger partial charge in [-0.05, 0) is 42.7 Å². The lowest BCUT2D eigenvalue weighted by atomic mass is 9.97. The SMILES string of the molecule is COc1ccc(C2=NN(C(=O)CN(C)C(=O)C3CCCC3)[C@@H](c3ccc(F)cc3)C2)c(OC)c1. The molecule has 0 saturated heterocycles. The molecule has 1 atom stereocenters. The van der Waals surface area contributed by atoms with E-state index in [1.165, 1.54) is 22.0 Å². The molecule has 1 fully saturated rings. The molecule has 0 spiro atoms. The first kappa shape index (κ1) is 23.7. The van der Waals surface area contributed by atoms with Crippen LogP contribution in [0, 0.1) is 11.7 Å². The molecule has 0 aromatic heterocycles. The van der Waals surface area contributed by atoms with Crippen molar-refractivity contribution >= 4 is 17.5 Å². The maximum absolute atomic E-state index is 13.6. The normalized spacial score (nSPS) is 18.1. The molecule has 8 heteroatoms. The molecule has 0 N–H and O–H groups in total. The van der Waals surface area contributed by atoms with Crippen LogP contribution in [0.2, 0.25) is 0 Å². The average Bonchev–Trinajstić information content (AvgIpc) is 3.54. The number of methoxy groups -OCH3 is 2. The van der Waals surface area contributed by atoms with E-state index in [9.17, 15) is 14.0 Å². The van der Waals surface area contributed by atoms with Crippen molar-refractivity contribution in [3.05, 3.63) is 59.4 Å². The lowest BCUT2D eigenvalue weighted by molar-refractivity contribution is -0.142. The van der Waals surface area contributed by atoms with Gasteiger partial charge in [-0.3, -0.25) is 9.59 Å². The summed E-state index contributed by atoms with van der Waals surface area (Å²) < 4.78 is 24.4. The summed E-state index contributed by atoms with van der Waals surface area (Å²) in [5, 5.41) is 6.08. The highest BCUT2D eigenvalue weighted by molar-refractivity contribution is 6.05. The van der Waals surface area contributed by atoms with E-state index in [1.54, 1.807) is 39.5 Å². The monoisotopic (exact) mass is 467 g/mol. The summed E-state index contributed by atoms with van der Waals surface area (Å²) in [5.41, 5.74) is 2.19. The molecule has 1 saturated carbocycles. The molecular formula is C26H30FN3O4. The van der Waals surface area contributed by atoms with Crippen molar-refractivity contribution < 1.29 is 23.5 Å². The number of rotatable bonds is 7. The molecule has 4 rings (SSSR count). The van der Waals surface area contributed by atoms with Crippen LogP contribution in [0.4, 0.5) is 4.39 Å². The fourth-order valence-electron chi connectivity index (χ4n) is 4.72. The molecule has 1 aliphatic heterocycles. The minimum atomic E-state index is -0.412. The Bertz CT molecular complexity index is 1080. The van der Waals surface area contributed by atoms with E-state index in [0.29, 0.717) is 23.6 Å². The Kier molecular flexibility index (Phi) is 7.14. The van der Waals surface area contributed by atoms with Crippen molar-refractivity contribution in [1.29, 1.82) is 0 Å². The van der Waals surface area contributed by atoms with Crippen LogP contribution in [-0.2, 0) is 9.59 Å². The minimum Gasteiger partial charge on any atom is -0.497 e. The zero-order chi connectivity index (χ0) is 24.2. The van der Waals surface area contributed by atoms with Crippen molar-refractivity contribution in [2.75, 3.05) is 27.8 Å². The number of benzene rings is 2. The predicted octanol–water partition coefficient (Wildman–Crippen LogP) is 4.17. The molecule has 0 unspecified atom stereocenters. The summed E-state index contributed by atoms with van der Waals surface area (Å²) in [4.78, 5) is 27.6. The van der Waals surface area contributed by atoms with Gasteiger partial charge in [0.25, 0.3) is 5.91 Å². The molecule has 2 aliphatic rings. The molecule has 180 valence electrons. The molecular weight excluding hydrogens is 437 g/mol. The van der Waals surface area contributed by atoms with Crippen LogP contribution in [-0.4, -0.2) is 55.2 Å². The second-order valence-corrected chi connectivity index (χ2v) is 8.80. The number of hydrazone groups is 1. The Labute approximate surface area is 199 Å². The van der Waals surface area contributed by atoms with Crippen molar-refractivity contribution in [2.45, 2.75) is 38.1 Å². The third-order valence-corrected chi connectivity index (χ3v) is 6.59. The molecule has 34 heavy (non-hydrogen) atoms. The quantitative estimate of drug-likeness (QED) is 0.613. The van der Waals surface area contributed by atoms with Crippen LogP contribution in [0.1, 0.15) is 49.3 Å². The summed E-state index contributed by atoms with van der Waals surface area (Å²) in [6.45, 7) is -0.0659. The van der Waals surface area contributed by atoms with Gasteiger partial charge in [-0.25, -0.2) is 9.40 Å². The van der Waals surface area contributed by atoms with Crippen LogP contribution in [0.3, 0.4) is 0 Å². The van der Waals surface area contributed by atoms with E-state index in [4.69, 9.17) is 9.47 Å². The number of ether oxygens (including phenoxy) is 2. The fourth-order valence-corrected chi connectivity index (χ4v) is 4.72. The second kappa shape index (κ2) is 10.2. The van der Waals surface area contributed by atoms with Crippen molar-refractivity contribution in [3.63, 3.8) is 0 Å². The maximum Gasteiger partial charge on any atom is 0.262 e.